The van der Waals surface area contributed by atoms with Crippen LogP contribution in [0.2, 0.25) is 0 Å². The minimum Gasteiger partial charge on any atom is -0.346 e. The van der Waals surface area contributed by atoms with Gasteiger partial charge in [0.2, 0.25) is 0 Å². The lowest BCUT2D eigenvalue weighted by Gasteiger charge is -2.24. The molecule has 1 aliphatic carbocycles. The molecule has 1 aliphatic heterocycles. The van der Waals surface area contributed by atoms with Gasteiger partial charge in [-0.05, 0) is 18.8 Å². The Morgan fingerprint density at radius 1 is 1.58 bits per heavy atom. The van der Waals surface area contributed by atoms with E-state index >= 15 is 0 Å². The minimum absolute atomic E-state index is 0.951. The molecule has 0 saturated heterocycles. The zero-order chi connectivity index (χ0) is 8.55. The Bertz CT molecular complexity index is 196. The van der Waals surface area contributed by atoms with Gasteiger partial charge in [-0.2, -0.15) is 0 Å². The van der Waals surface area contributed by atoms with Gasteiger partial charge in [0.1, 0.15) is 0 Å². The van der Waals surface area contributed by atoms with Crippen molar-refractivity contribution < 1.29 is 0 Å². The first-order valence-corrected chi connectivity index (χ1v) is 4.74. The topological polar surface area (TPSA) is 18.8 Å². The summed E-state index contributed by atoms with van der Waals surface area (Å²) in [6.07, 6.45) is 2.84. The number of hydrogen-bond acceptors (Lipinski definition) is 3. The summed E-state index contributed by atoms with van der Waals surface area (Å²) in [4.78, 5) is 9.00. The fourth-order valence-electron chi connectivity index (χ4n) is 1.70. The van der Waals surface area contributed by atoms with Gasteiger partial charge in [-0.25, -0.2) is 0 Å². The molecular formula is C9H17N3. The predicted octanol–water partition coefficient (Wildman–Crippen LogP) is 0.630. The molecule has 0 bridgehead atoms. The monoisotopic (exact) mass is 167 g/mol. The zero-order valence-electron chi connectivity index (χ0n) is 7.95. The predicted molar refractivity (Wildman–Crippen MR) is 50.3 cm³/mol. The standard InChI is InChI=1S/C9H17N3/c1-11-6-5-10-9(11)12(2)7-8-3-4-8/h8H,3-7H2,1-2H3. The molecule has 0 aromatic carbocycles. The third-order valence-corrected chi connectivity index (χ3v) is 2.60. The van der Waals surface area contributed by atoms with E-state index in [-0.39, 0.29) is 0 Å². The van der Waals surface area contributed by atoms with Gasteiger partial charge in [-0.3, -0.25) is 4.99 Å². The lowest BCUT2D eigenvalue weighted by atomic mass is 10.4. The first-order chi connectivity index (χ1) is 5.77. The second-order valence-corrected chi connectivity index (χ2v) is 3.93. The van der Waals surface area contributed by atoms with E-state index in [9.17, 15) is 0 Å². The van der Waals surface area contributed by atoms with Crippen LogP contribution in [0, 0.1) is 5.92 Å². The van der Waals surface area contributed by atoms with Crippen LogP contribution in [-0.2, 0) is 0 Å². The van der Waals surface area contributed by atoms with Crippen LogP contribution in [0.3, 0.4) is 0 Å². The normalized spacial score (nSPS) is 22.8. The van der Waals surface area contributed by atoms with E-state index in [1.807, 2.05) is 0 Å². The number of guanidine groups is 1. The SMILES string of the molecule is CN1CCN=C1N(C)CC1CC1. The summed E-state index contributed by atoms with van der Waals surface area (Å²) in [6.45, 7) is 3.26. The molecule has 0 unspecified atom stereocenters. The van der Waals surface area contributed by atoms with Gasteiger partial charge in [0.25, 0.3) is 0 Å². The molecule has 68 valence electrons. The Morgan fingerprint density at radius 3 is 2.83 bits per heavy atom. The summed E-state index contributed by atoms with van der Waals surface area (Å²) in [5.74, 6) is 2.13. The molecule has 0 amide bonds. The Kier molecular flexibility index (Phi) is 1.95. The second kappa shape index (κ2) is 2.96. The number of nitrogens with zero attached hydrogens (tertiary/aromatic N) is 3. The van der Waals surface area contributed by atoms with Crippen molar-refractivity contribution in [2.24, 2.45) is 10.9 Å². The van der Waals surface area contributed by atoms with Crippen LogP contribution in [0.5, 0.6) is 0 Å². The largest absolute Gasteiger partial charge is 0.346 e. The van der Waals surface area contributed by atoms with Gasteiger partial charge in [-0.1, -0.05) is 0 Å². The molecule has 3 nitrogen and oxygen atoms in total. The molecule has 0 atom stereocenters. The number of aliphatic imine (C=N–C) groups is 1. The van der Waals surface area contributed by atoms with E-state index in [4.69, 9.17) is 0 Å². The average molecular weight is 167 g/mol. The highest BCUT2D eigenvalue weighted by Crippen LogP contribution is 2.29. The van der Waals surface area contributed by atoms with E-state index < -0.39 is 0 Å². The van der Waals surface area contributed by atoms with Crippen LogP contribution in [0.15, 0.2) is 4.99 Å². The quantitative estimate of drug-likeness (QED) is 0.600. The summed E-state index contributed by atoms with van der Waals surface area (Å²) in [7, 11) is 4.27. The van der Waals surface area contributed by atoms with E-state index in [1.165, 1.54) is 25.3 Å². The summed E-state index contributed by atoms with van der Waals surface area (Å²) in [6, 6.07) is 0. The Hall–Kier alpha value is -0.730. The lowest BCUT2D eigenvalue weighted by Crippen LogP contribution is -2.38. The maximum absolute atomic E-state index is 4.47. The fraction of sp³-hybridized carbons (Fsp3) is 0.889. The second-order valence-electron chi connectivity index (χ2n) is 3.93. The van der Waals surface area contributed by atoms with Crippen LogP contribution >= 0.6 is 0 Å². The minimum atomic E-state index is 0.951. The molecule has 1 heterocycles. The van der Waals surface area contributed by atoms with Crippen LogP contribution in [-0.4, -0.2) is 49.5 Å². The van der Waals surface area contributed by atoms with Gasteiger partial charge in [0.15, 0.2) is 5.96 Å². The summed E-state index contributed by atoms with van der Waals surface area (Å²) in [5, 5.41) is 0. The molecule has 0 aromatic heterocycles. The smallest absolute Gasteiger partial charge is 0.196 e. The number of rotatable bonds is 2. The van der Waals surface area contributed by atoms with Crippen molar-refractivity contribution in [2.75, 3.05) is 33.7 Å². The van der Waals surface area contributed by atoms with Crippen LogP contribution in [0.1, 0.15) is 12.8 Å². The Balaban J connectivity index is 1.88. The van der Waals surface area contributed by atoms with Crippen LogP contribution in [0.4, 0.5) is 0 Å². The molecule has 0 radical (unpaired) electrons. The molecule has 2 rings (SSSR count). The highest BCUT2D eigenvalue weighted by molar-refractivity contribution is 5.81. The molecule has 0 spiro atoms. The fourth-order valence-corrected chi connectivity index (χ4v) is 1.70. The van der Waals surface area contributed by atoms with E-state index in [1.54, 1.807) is 0 Å². The van der Waals surface area contributed by atoms with Crippen molar-refractivity contribution in [1.29, 1.82) is 0 Å². The van der Waals surface area contributed by atoms with Crippen LogP contribution in [0.25, 0.3) is 0 Å². The third kappa shape index (κ3) is 1.54. The number of hydrogen-bond donors (Lipinski definition) is 0. The first-order valence-electron chi connectivity index (χ1n) is 4.74. The first kappa shape index (κ1) is 7.90. The van der Waals surface area contributed by atoms with Crippen LogP contribution < -0.4 is 0 Å². The summed E-state index contributed by atoms with van der Waals surface area (Å²) < 4.78 is 0. The van der Waals surface area contributed by atoms with Gasteiger partial charge in [-0.15, -0.1) is 0 Å². The van der Waals surface area contributed by atoms with Gasteiger partial charge in [0, 0.05) is 27.2 Å². The molecule has 2 aliphatic rings. The van der Waals surface area contributed by atoms with E-state index in [0.29, 0.717) is 0 Å². The van der Waals surface area contributed by atoms with Crippen molar-refractivity contribution in [3.63, 3.8) is 0 Å². The highest BCUT2D eigenvalue weighted by atomic mass is 15.4. The molecule has 0 aromatic rings. The van der Waals surface area contributed by atoms with Crippen molar-refractivity contribution in [1.82, 2.24) is 9.80 Å². The molecule has 12 heavy (non-hydrogen) atoms. The molecule has 1 saturated carbocycles. The molecule has 3 heteroatoms. The Morgan fingerprint density at radius 2 is 2.33 bits per heavy atom. The third-order valence-electron chi connectivity index (χ3n) is 2.60. The molecule has 1 fully saturated rings. The van der Waals surface area contributed by atoms with Crippen molar-refractivity contribution in [2.45, 2.75) is 12.8 Å². The maximum Gasteiger partial charge on any atom is 0.196 e. The molecule has 0 N–H and O–H groups in total. The zero-order valence-corrected chi connectivity index (χ0v) is 7.95. The summed E-state index contributed by atoms with van der Waals surface area (Å²) in [5.41, 5.74) is 0. The average Bonchev–Trinajstić information content (AvgIpc) is 2.72. The number of likely N-dealkylation sites (N-methyl/N-ethyl adjacent to an activating group) is 1. The van der Waals surface area contributed by atoms with Gasteiger partial charge in [0.05, 0.1) is 6.54 Å². The summed E-state index contributed by atoms with van der Waals surface area (Å²) >= 11 is 0. The van der Waals surface area contributed by atoms with E-state index in [2.05, 4.69) is 28.9 Å². The maximum atomic E-state index is 4.47. The van der Waals surface area contributed by atoms with Gasteiger partial charge >= 0.3 is 0 Å². The van der Waals surface area contributed by atoms with Crippen molar-refractivity contribution >= 4 is 5.96 Å². The lowest BCUT2D eigenvalue weighted by molar-refractivity contribution is 0.404. The van der Waals surface area contributed by atoms with Crippen molar-refractivity contribution in [3.8, 4) is 0 Å². The molecular weight excluding hydrogens is 150 g/mol. The van der Waals surface area contributed by atoms with Crippen molar-refractivity contribution in [3.05, 3.63) is 0 Å². The Labute approximate surface area is 74.1 Å². The van der Waals surface area contributed by atoms with E-state index in [0.717, 1.165) is 19.0 Å². The van der Waals surface area contributed by atoms with Gasteiger partial charge < -0.3 is 9.80 Å². The highest BCUT2D eigenvalue weighted by Gasteiger charge is 2.26.